The molecule has 2 rings (SSSR count). The number of nitrogens with zero attached hydrogens (tertiary/aromatic N) is 2. The monoisotopic (exact) mass is 337 g/mol. The lowest BCUT2D eigenvalue weighted by atomic mass is 10.0. The number of nitriles is 1. The summed E-state index contributed by atoms with van der Waals surface area (Å²) in [7, 11) is 0. The number of ether oxygens (including phenoxy) is 1. The van der Waals surface area contributed by atoms with Crippen molar-refractivity contribution in [1.29, 1.82) is 5.26 Å². The number of carbonyl (C=O) groups excluding carboxylic acids is 1. The van der Waals surface area contributed by atoms with Gasteiger partial charge in [0.1, 0.15) is 11.9 Å². The Morgan fingerprint density at radius 3 is 2.35 bits per heavy atom. The highest BCUT2D eigenvalue weighted by atomic mass is 35.5. The molecule has 0 aromatic heterocycles. The number of amides is 1. The Morgan fingerprint density at radius 2 is 1.87 bits per heavy atom. The Kier molecular flexibility index (Phi) is 7.34. The number of likely N-dealkylation sites (tertiary alicyclic amines) is 1. The minimum absolute atomic E-state index is 0. The minimum Gasteiger partial charge on any atom is -0.490 e. The molecule has 1 aromatic rings. The fraction of sp³-hybridized carbons (Fsp3) is 0.529. The number of piperidine rings is 1. The molecule has 1 aliphatic heterocycles. The molecule has 1 amide bonds. The van der Waals surface area contributed by atoms with Gasteiger partial charge in [0.25, 0.3) is 0 Å². The Bertz CT molecular complexity index is 546. The zero-order valence-electron chi connectivity index (χ0n) is 13.6. The van der Waals surface area contributed by atoms with Crippen LogP contribution in [-0.4, -0.2) is 36.0 Å². The number of carbonyl (C=O) groups is 1. The van der Waals surface area contributed by atoms with Gasteiger partial charge in [-0.15, -0.1) is 12.4 Å². The molecule has 1 unspecified atom stereocenters. The summed E-state index contributed by atoms with van der Waals surface area (Å²) >= 11 is 0. The third kappa shape index (κ3) is 5.12. The topological polar surface area (TPSA) is 79.3 Å². The average Bonchev–Trinajstić information content (AvgIpc) is 2.55. The molecule has 2 N–H and O–H groups in total. The molecule has 1 atom stereocenters. The second-order valence-electron chi connectivity index (χ2n) is 6.05. The zero-order valence-corrected chi connectivity index (χ0v) is 14.4. The lowest BCUT2D eigenvalue weighted by molar-refractivity contribution is -0.135. The largest absolute Gasteiger partial charge is 0.490 e. The number of hydrogen-bond donors (Lipinski definition) is 1. The Morgan fingerprint density at radius 1 is 1.30 bits per heavy atom. The molecule has 1 aliphatic rings. The van der Waals surface area contributed by atoms with Crippen molar-refractivity contribution in [3.63, 3.8) is 0 Å². The molecule has 23 heavy (non-hydrogen) atoms. The first-order valence-corrected chi connectivity index (χ1v) is 7.72. The Hall–Kier alpha value is -1.77. The van der Waals surface area contributed by atoms with Gasteiger partial charge in [0.15, 0.2) is 0 Å². The van der Waals surface area contributed by atoms with Crippen molar-refractivity contribution in [1.82, 2.24) is 4.90 Å². The van der Waals surface area contributed by atoms with E-state index in [0.717, 1.165) is 18.6 Å². The summed E-state index contributed by atoms with van der Waals surface area (Å²) in [6.07, 6.45) is 1.71. The molecule has 1 heterocycles. The summed E-state index contributed by atoms with van der Waals surface area (Å²) in [4.78, 5) is 14.0. The van der Waals surface area contributed by atoms with Crippen LogP contribution in [0, 0.1) is 17.2 Å². The van der Waals surface area contributed by atoms with Crippen LogP contribution < -0.4 is 10.5 Å². The van der Waals surface area contributed by atoms with E-state index < -0.39 is 6.04 Å². The fourth-order valence-corrected chi connectivity index (χ4v) is 2.49. The molecule has 0 radical (unpaired) electrons. The van der Waals surface area contributed by atoms with Gasteiger partial charge in [-0.2, -0.15) is 5.26 Å². The quantitative estimate of drug-likeness (QED) is 0.914. The maximum Gasteiger partial charge on any atom is 0.239 e. The standard InChI is InChI=1S/C17H23N3O2.ClH/c1-12(2)16(19)17(21)20-9-7-15(8-10-20)22-14-5-3-13(11-18)4-6-14;/h3-6,12,15-16H,7-10,19H2,1-2H3;1H. The molecule has 1 saturated heterocycles. The lowest BCUT2D eigenvalue weighted by Crippen LogP contribution is -2.50. The number of benzene rings is 1. The molecule has 126 valence electrons. The van der Waals surface area contributed by atoms with E-state index in [9.17, 15) is 4.79 Å². The molecule has 6 heteroatoms. The van der Waals surface area contributed by atoms with E-state index in [4.69, 9.17) is 15.7 Å². The molecule has 1 fully saturated rings. The predicted molar refractivity (Wildman–Crippen MR) is 91.4 cm³/mol. The molecule has 1 aromatic carbocycles. The number of nitrogens with two attached hydrogens (primary N) is 1. The number of halogens is 1. The summed E-state index contributed by atoms with van der Waals surface area (Å²) in [6.45, 7) is 5.28. The van der Waals surface area contributed by atoms with E-state index in [-0.39, 0.29) is 30.3 Å². The van der Waals surface area contributed by atoms with Gasteiger partial charge in [0.05, 0.1) is 17.7 Å². The first-order chi connectivity index (χ1) is 10.5. The van der Waals surface area contributed by atoms with Gasteiger partial charge in [-0.3, -0.25) is 4.79 Å². The first kappa shape index (κ1) is 19.3. The van der Waals surface area contributed by atoms with Crippen LogP contribution in [0.15, 0.2) is 24.3 Å². The van der Waals surface area contributed by atoms with Gasteiger partial charge < -0.3 is 15.4 Å². The second kappa shape index (κ2) is 8.76. The molecule has 0 saturated carbocycles. The molecule has 5 nitrogen and oxygen atoms in total. The fourth-order valence-electron chi connectivity index (χ4n) is 2.49. The van der Waals surface area contributed by atoms with E-state index in [2.05, 4.69) is 6.07 Å². The van der Waals surface area contributed by atoms with E-state index in [1.54, 1.807) is 12.1 Å². The molecule has 0 spiro atoms. The van der Waals surface area contributed by atoms with E-state index in [0.29, 0.717) is 18.7 Å². The minimum atomic E-state index is -0.420. The van der Waals surface area contributed by atoms with Crippen molar-refractivity contribution in [2.45, 2.75) is 38.8 Å². The van der Waals surface area contributed by atoms with Gasteiger partial charge >= 0.3 is 0 Å². The highest BCUT2D eigenvalue weighted by Gasteiger charge is 2.28. The van der Waals surface area contributed by atoms with Crippen LogP contribution in [0.1, 0.15) is 32.3 Å². The molecule has 0 bridgehead atoms. The van der Waals surface area contributed by atoms with Crippen LogP contribution >= 0.6 is 12.4 Å². The van der Waals surface area contributed by atoms with Crippen molar-refractivity contribution in [2.24, 2.45) is 11.7 Å². The Labute approximate surface area is 143 Å². The van der Waals surface area contributed by atoms with Crippen molar-refractivity contribution in [3.8, 4) is 11.8 Å². The molecular formula is C17H24ClN3O2. The predicted octanol–water partition coefficient (Wildman–Crippen LogP) is 2.33. The van der Waals surface area contributed by atoms with Crippen LogP contribution in [-0.2, 0) is 4.79 Å². The maximum absolute atomic E-state index is 12.2. The van der Waals surface area contributed by atoms with Crippen LogP contribution in [0.4, 0.5) is 0 Å². The average molecular weight is 338 g/mol. The number of rotatable bonds is 4. The zero-order chi connectivity index (χ0) is 16.1. The van der Waals surface area contributed by atoms with E-state index in [1.165, 1.54) is 0 Å². The maximum atomic E-state index is 12.2. The van der Waals surface area contributed by atoms with E-state index in [1.807, 2.05) is 30.9 Å². The van der Waals surface area contributed by atoms with Crippen molar-refractivity contribution < 1.29 is 9.53 Å². The van der Waals surface area contributed by atoms with Crippen molar-refractivity contribution in [2.75, 3.05) is 13.1 Å². The highest BCUT2D eigenvalue weighted by Crippen LogP contribution is 2.20. The van der Waals surface area contributed by atoms with Crippen molar-refractivity contribution in [3.05, 3.63) is 29.8 Å². The van der Waals surface area contributed by atoms with Gasteiger partial charge in [0.2, 0.25) is 5.91 Å². The highest BCUT2D eigenvalue weighted by molar-refractivity contribution is 5.85. The molecular weight excluding hydrogens is 314 g/mol. The smallest absolute Gasteiger partial charge is 0.239 e. The summed E-state index contributed by atoms with van der Waals surface area (Å²) in [5.41, 5.74) is 6.55. The first-order valence-electron chi connectivity index (χ1n) is 7.72. The third-order valence-electron chi connectivity index (χ3n) is 4.04. The summed E-state index contributed by atoms with van der Waals surface area (Å²) in [5, 5.41) is 8.78. The normalized spacial score (nSPS) is 16.4. The number of hydrogen-bond acceptors (Lipinski definition) is 4. The Balaban J connectivity index is 0.00000264. The van der Waals surface area contributed by atoms with Gasteiger partial charge in [0, 0.05) is 25.9 Å². The van der Waals surface area contributed by atoms with Gasteiger partial charge in [-0.25, -0.2) is 0 Å². The van der Waals surface area contributed by atoms with Gasteiger partial charge in [-0.05, 0) is 30.2 Å². The van der Waals surface area contributed by atoms with Crippen LogP contribution in [0.2, 0.25) is 0 Å². The summed E-state index contributed by atoms with van der Waals surface area (Å²) in [6, 6.07) is 8.78. The van der Waals surface area contributed by atoms with Crippen LogP contribution in [0.25, 0.3) is 0 Å². The summed E-state index contributed by atoms with van der Waals surface area (Å²) < 4.78 is 5.91. The van der Waals surface area contributed by atoms with Gasteiger partial charge in [-0.1, -0.05) is 13.8 Å². The van der Waals surface area contributed by atoms with Crippen LogP contribution in [0.5, 0.6) is 5.75 Å². The third-order valence-corrected chi connectivity index (χ3v) is 4.04. The van der Waals surface area contributed by atoms with Crippen LogP contribution in [0.3, 0.4) is 0 Å². The van der Waals surface area contributed by atoms with Crippen molar-refractivity contribution >= 4 is 18.3 Å². The summed E-state index contributed by atoms with van der Waals surface area (Å²) in [5.74, 6) is 0.953. The lowest BCUT2D eigenvalue weighted by Gasteiger charge is -2.34. The SMILES string of the molecule is CC(C)C(N)C(=O)N1CCC(Oc2ccc(C#N)cc2)CC1.Cl. The molecule has 0 aliphatic carbocycles. The second-order valence-corrected chi connectivity index (χ2v) is 6.05. The van der Waals surface area contributed by atoms with E-state index >= 15 is 0 Å².